The van der Waals surface area contributed by atoms with Gasteiger partial charge < -0.3 is 23.7 Å². The summed E-state index contributed by atoms with van der Waals surface area (Å²) in [5.74, 6) is -0.827. The summed E-state index contributed by atoms with van der Waals surface area (Å²) >= 11 is 0. The van der Waals surface area contributed by atoms with Crippen molar-refractivity contribution in [1.29, 1.82) is 0 Å². The number of esters is 3. The Morgan fingerprint density at radius 3 is 2.24 bits per heavy atom. The highest BCUT2D eigenvalue weighted by Gasteiger charge is 2.60. The molecule has 8 heteroatoms. The van der Waals surface area contributed by atoms with Crippen molar-refractivity contribution >= 4 is 17.9 Å². The number of hydrogen-bond donors (Lipinski definition) is 0. The lowest BCUT2D eigenvalue weighted by Crippen LogP contribution is -2.61. The highest BCUT2D eigenvalue weighted by Crippen LogP contribution is 2.60. The Hall–Kier alpha value is -1.93. The molecule has 190 valence electrons. The van der Waals surface area contributed by atoms with Crippen molar-refractivity contribution in [2.24, 2.45) is 11.8 Å². The molecule has 0 N–H and O–H groups in total. The smallest absolute Gasteiger partial charge is 0.344 e. The first-order valence-corrected chi connectivity index (χ1v) is 12.7. The lowest BCUT2D eigenvalue weighted by atomic mass is 9.52. The fourth-order valence-corrected chi connectivity index (χ4v) is 6.83. The molecule has 0 heterocycles. The Bertz CT molecular complexity index is 785. The average Bonchev–Trinajstić information content (AvgIpc) is 2.75. The number of carbonyl (C=O) groups is 3. The van der Waals surface area contributed by atoms with Crippen molar-refractivity contribution in [3.63, 3.8) is 0 Å². The van der Waals surface area contributed by atoms with E-state index in [1.807, 2.05) is 0 Å². The number of hydrogen-bond acceptors (Lipinski definition) is 8. The first kappa shape index (κ1) is 25.2. The molecule has 3 atom stereocenters. The molecular weight excluding hydrogens is 440 g/mol. The minimum Gasteiger partial charge on any atom is -0.456 e. The molecule has 5 rings (SSSR count). The van der Waals surface area contributed by atoms with Gasteiger partial charge in [-0.2, -0.15) is 0 Å². The van der Waals surface area contributed by atoms with Crippen LogP contribution in [-0.2, 0) is 38.1 Å². The van der Waals surface area contributed by atoms with Crippen LogP contribution in [-0.4, -0.2) is 54.7 Å². The van der Waals surface area contributed by atoms with Gasteiger partial charge in [0.2, 0.25) is 6.29 Å². The molecule has 8 nitrogen and oxygen atoms in total. The summed E-state index contributed by atoms with van der Waals surface area (Å²) in [6.07, 6.45) is 10.1. The maximum absolute atomic E-state index is 12.5. The minimum absolute atomic E-state index is 0.141. The van der Waals surface area contributed by atoms with E-state index >= 15 is 0 Å². The number of carbonyl (C=O) groups excluding carboxylic acids is 3. The molecule has 5 aliphatic rings. The summed E-state index contributed by atoms with van der Waals surface area (Å²) in [4.78, 5) is 36.5. The fraction of sp³-hybridized carbons (Fsp3) is 0.808. The van der Waals surface area contributed by atoms with Crippen LogP contribution in [0.4, 0.5) is 0 Å². The van der Waals surface area contributed by atoms with Crippen LogP contribution >= 0.6 is 0 Å². The van der Waals surface area contributed by atoms with Crippen molar-refractivity contribution in [3.8, 4) is 0 Å². The topological polar surface area (TPSA) is 97.4 Å². The highest BCUT2D eigenvalue weighted by molar-refractivity contribution is 5.88. The second-order valence-corrected chi connectivity index (χ2v) is 10.9. The molecule has 0 aromatic rings. The zero-order valence-corrected chi connectivity index (χ0v) is 20.5. The molecule has 5 aliphatic carbocycles. The SMILES string of the molecule is C=C(C)C(=O)OCC(=O)OC12CC3CC(CC(OCC(=O)OC(C)OC4CCCCC4)(C3)C1)C2. The van der Waals surface area contributed by atoms with Crippen molar-refractivity contribution in [2.75, 3.05) is 13.2 Å². The van der Waals surface area contributed by atoms with Gasteiger partial charge in [-0.3, -0.25) is 0 Å². The fourth-order valence-electron chi connectivity index (χ4n) is 6.83. The van der Waals surface area contributed by atoms with Crippen LogP contribution in [0.25, 0.3) is 0 Å². The molecule has 5 fully saturated rings. The van der Waals surface area contributed by atoms with Gasteiger partial charge in [-0.1, -0.05) is 25.8 Å². The first-order chi connectivity index (χ1) is 16.2. The predicted octanol–water partition coefficient (Wildman–Crippen LogP) is 4.00. The van der Waals surface area contributed by atoms with E-state index in [0.29, 0.717) is 18.3 Å². The van der Waals surface area contributed by atoms with Crippen LogP contribution in [0.15, 0.2) is 12.2 Å². The first-order valence-electron chi connectivity index (χ1n) is 12.7. The van der Waals surface area contributed by atoms with Gasteiger partial charge in [-0.15, -0.1) is 0 Å². The maximum Gasteiger partial charge on any atom is 0.344 e. The summed E-state index contributed by atoms with van der Waals surface area (Å²) in [5, 5.41) is 0. The molecule has 0 radical (unpaired) electrons. The van der Waals surface area contributed by atoms with Gasteiger partial charge in [0, 0.05) is 12.0 Å². The Kier molecular flexibility index (Phi) is 7.67. The molecule has 0 aromatic carbocycles. The average molecular weight is 479 g/mol. The van der Waals surface area contributed by atoms with Crippen LogP contribution < -0.4 is 0 Å². The maximum atomic E-state index is 12.5. The van der Waals surface area contributed by atoms with E-state index in [4.69, 9.17) is 23.7 Å². The van der Waals surface area contributed by atoms with Crippen molar-refractivity contribution in [3.05, 3.63) is 12.2 Å². The molecule has 0 aliphatic heterocycles. The molecule has 5 saturated carbocycles. The number of ether oxygens (including phenoxy) is 5. The van der Waals surface area contributed by atoms with E-state index in [-0.39, 0.29) is 18.3 Å². The van der Waals surface area contributed by atoms with Gasteiger partial charge in [0.25, 0.3) is 0 Å². The van der Waals surface area contributed by atoms with E-state index in [1.54, 1.807) is 6.92 Å². The van der Waals surface area contributed by atoms with Gasteiger partial charge in [-0.25, -0.2) is 14.4 Å². The standard InChI is InChI=1S/C26H38O8/c1-17(2)24(29)30-14-23(28)34-26-12-19-9-20(13-26)11-25(10-19,16-26)31-15-22(27)33-18(3)32-21-7-5-4-6-8-21/h18-21H,1,4-16H2,2-3H3. The number of rotatable bonds is 10. The molecule has 0 aromatic heterocycles. The van der Waals surface area contributed by atoms with Gasteiger partial charge in [0.1, 0.15) is 12.2 Å². The Labute approximate surface area is 201 Å². The Morgan fingerprint density at radius 2 is 1.59 bits per heavy atom. The van der Waals surface area contributed by atoms with E-state index < -0.39 is 42.0 Å². The zero-order valence-electron chi connectivity index (χ0n) is 20.5. The third kappa shape index (κ3) is 6.19. The second-order valence-electron chi connectivity index (χ2n) is 10.9. The summed E-state index contributed by atoms with van der Waals surface area (Å²) in [7, 11) is 0. The molecular formula is C26H38O8. The molecule has 4 bridgehead atoms. The second kappa shape index (κ2) is 10.4. The normalized spacial score (nSPS) is 33.2. The van der Waals surface area contributed by atoms with Crippen LogP contribution in [0.1, 0.15) is 84.5 Å². The molecule has 0 amide bonds. The Morgan fingerprint density at radius 1 is 0.941 bits per heavy atom. The minimum atomic E-state index is -0.627. The summed E-state index contributed by atoms with van der Waals surface area (Å²) in [6, 6.07) is 0. The molecule has 34 heavy (non-hydrogen) atoms. The summed E-state index contributed by atoms with van der Waals surface area (Å²) in [6.45, 7) is 6.23. The van der Waals surface area contributed by atoms with E-state index in [2.05, 4.69) is 6.58 Å². The highest BCUT2D eigenvalue weighted by atomic mass is 16.7. The quantitative estimate of drug-likeness (QED) is 0.201. The van der Waals surface area contributed by atoms with Crippen LogP contribution in [0.3, 0.4) is 0 Å². The Balaban J connectivity index is 1.28. The van der Waals surface area contributed by atoms with Crippen molar-refractivity contribution in [2.45, 2.75) is 108 Å². The zero-order chi connectivity index (χ0) is 24.3. The monoisotopic (exact) mass is 478 g/mol. The van der Waals surface area contributed by atoms with E-state index in [1.165, 1.54) is 13.3 Å². The lowest BCUT2D eigenvalue weighted by molar-refractivity contribution is -0.240. The van der Waals surface area contributed by atoms with Crippen LogP contribution in [0, 0.1) is 11.8 Å². The molecule has 3 unspecified atom stereocenters. The molecule has 0 saturated heterocycles. The van der Waals surface area contributed by atoms with Gasteiger partial charge in [0.15, 0.2) is 6.61 Å². The predicted molar refractivity (Wildman–Crippen MR) is 121 cm³/mol. The van der Waals surface area contributed by atoms with Crippen molar-refractivity contribution in [1.82, 2.24) is 0 Å². The van der Waals surface area contributed by atoms with Crippen LogP contribution in [0.5, 0.6) is 0 Å². The third-order valence-electron chi connectivity index (χ3n) is 7.68. The molecule has 0 spiro atoms. The van der Waals surface area contributed by atoms with Gasteiger partial charge in [0.05, 0.1) is 11.7 Å². The van der Waals surface area contributed by atoms with Gasteiger partial charge in [-0.05, 0) is 70.6 Å². The lowest BCUT2D eigenvalue weighted by Gasteiger charge is -2.60. The largest absolute Gasteiger partial charge is 0.456 e. The third-order valence-corrected chi connectivity index (χ3v) is 7.68. The van der Waals surface area contributed by atoms with Crippen molar-refractivity contribution < 1.29 is 38.1 Å². The van der Waals surface area contributed by atoms with E-state index in [0.717, 1.165) is 57.8 Å². The van der Waals surface area contributed by atoms with Crippen LogP contribution in [0.2, 0.25) is 0 Å². The summed E-state index contributed by atoms with van der Waals surface area (Å²) in [5.41, 5.74) is -0.885. The summed E-state index contributed by atoms with van der Waals surface area (Å²) < 4.78 is 28.4. The van der Waals surface area contributed by atoms with E-state index in [9.17, 15) is 14.4 Å². The van der Waals surface area contributed by atoms with Gasteiger partial charge >= 0.3 is 17.9 Å².